The average Bonchev–Trinajstić information content (AvgIpc) is 2.90. The summed E-state index contributed by atoms with van der Waals surface area (Å²) in [5, 5.41) is 0. The van der Waals surface area contributed by atoms with Crippen molar-refractivity contribution in [3.8, 4) is 0 Å². The molecule has 5 nitrogen and oxygen atoms in total. The topological polar surface area (TPSA) is 55.8 Å². The van der Waals surface area contributed by atoms with Crippen molar-refractivity contribution in [2.45, 2.75) is 71.6 Å². The first-order valence-electron chi connectivity index (χ1n) is 9.31. The third-order valence-corrected chi connectivity index (χ3v) is 4.66. The molecule has 1 fully saturated rings. The molecule has 150 valence electrons. The van der Waals surface area contributed by atoms with Crippen molar-refractivity contribution in [2.75, 3.05) is 6.54 Å². The van der Waals surface area contributed by atoms with Gasteiger partial charge in [0, 0.05) is 11.0 Å². The van der Waals surface area contributed by atoms with Crippen LogP contribution in [0.3, 0.4) is 0 Å². The number of ether oxygens (including phenoxy) is 2. The lowest BCUT2D eigenvalue weighted by Gasteiger charge is -2.29. The van der Waals surface area contributed by atoms with Crippen molar-refractivity contribution in [3.63, 3.8) is 0 Å². The third-order valence-electron chi connectivity index (χ3n) is 4.13. The molecule has 27 heavy (non-hydrogen) atoms. The van der Waals surface area contributed by atoms with Crippen molar-refractivity contribution in [1.29, 1.82) is 0 Å². The van der Waals surface area contributed by atoms with E-state index in [-0.39, 0.29) is 11.9 Å². The fraction of sp³-hybridized carbons (Fsp3) is 0.619. The van der Waals surface area contributed by atoms with E-state index in [2.05, 4.69) is 28.1 Å². The predicted molar refractivity (Wildman–Crippen MR) is 109 cm³/mol. The second-order valence-electron chi connectivity index (χ2n) is 9.11. The number of esters is 1. The molecule has 0 radical (unpaired) electrons. The van der Waals surface area contributed by atoms with Gasteiger partial charge in [0.25, 0.3) is 0 Å². The van der Waals surface area contributed by atoms with E-state index in [1.54, 1.807) is 0 Å². The van der Waals surface area contributed by atoms with Crippen molar-refractivity contribution in [2.24, 2.45) is 5.92 Å². The second kappa shape index (κ2) is 8.21. The van der Waals surface area contributed by atoms with Gasteiger partial charge in [-0.3, -0.25) is 4.90 Å². The van der Waals surface area contributed by atoms with Gasteiger partial charge < -0.3 is 9.47 Å². The van der Waals surface area contributed by atoms with Gasteiger partial charge in [-0.2, -0.15) is 0 Å². The van der Waals surface area contributed by atoms with Gasteiger partial charge in [0.2, 0.25) is 0 Å². The summed E-state index contributed by atoms with van der Waals surface area (Å²) in [5.41, 5.74) is -0.0306. The van der Waals surface area contributed by atoms with E-state index >= 15 is 0 Å². The van der Waals surface area contributed by atoms with Gasteiger partial charge in [-0.15, -0.1) is 0 Å². The highest BCUT2D eigenvalue weighted by molar-refractivity contribution is 9.10. The smallest absolute Gasteiger partial charge is 0.411 e. The molecule has 0 saturated carbocycles. The van der Waals surface area contributed by atoms with Crippen LogP contribution in [0.25, 0.3) is 0 Å². The first-order valence-corrected chi connectivity index (χ1v) is 10.1. The van der Waals surface area contributed by atoms with Crippen molar-refractivity contribution < 1.29 is 19.1 Å². The highest BCUT2D eigenvalue weighted by atomic mass is 79.9. The molecule has 0 unspecified atom stereocenters. The molecule has 0 N–H and O–H groups in total. The van der Waals surface area contributed by atoms with E-state index in [0.29, 0.717) is 13.0 Å². The van der Waals surface area contributed by atoms with Crippen LogP contribution in [0.1, 0.15) is 53.5 Å². The first-order chi connectivity index (χ1) is 12.3. The van der Waals surface area contributed by atoms with E-state index in [1.807, 2.05) is 53.7 Å². The van der Waals surface area contributed by atoms with Crippen LogP contribution in [0, 0.1) is 5.92 Å². The molecule has 6 heteroatoms. The number of rotatable bonds is 3. The first kappa shape index (κ1) is 21.7. The molecule has 0 aliphatic carbocycles. The van der Waals surface area contributed by atoms with E-state index in [9.17, 15) is 9.59 Å². The zero-order chi connectivity index (χ0) is 20.4. The Labute approximate surface area is 170 Å². The molecular weight excluding hydrogens is 410 g/mol. The van der Waals surface area contributed by atoms with E-state index in [0.717, 1.165) is 10.9 Å². The molecule has 2 rings (SSSR count). The number of benzene rings is 1. The Bertz CT molecular complexity index is 637. The minimum atomic E-state index is -0.612. The number of halogens is 1. The van der Waals surface area contributed by atoms with Crippen LogP contribution in [-0.4, -0.2) is 40.8 Å². The molecular formula is C21H30BrNO4. The maximum Gasteiger partial charge on any atom is 0.411 e. The van der Waals surface area contributed by atoms with Crippen LogP contribution in [0.15, 0.2) is 28.7 Å². The second-order valence-corrected chi connectivity index (χ2v) is 10.0. The fourth-order valence-electron chi connectivity index (χ4n) is 3.14. The molecule has 1 aliphatic heterocycles. The minimum Gasteiger partial charge on any atom is -0.458 e. The summed E-state index contributed by atoms with van der Waals surface area (Å²) < 4.78 is 12.1. The van der Waals surface area contributed by atoms with Gasteiger partial charge in [-0.05, 0) is 78.0 Å². The van der Waals surface area contributed by atoms with Crippen molar-refractivity contribution in [1.82, 2.24) is 4.90 Å². The monoisotopic (exact) mass is 439 g/mol. The Balaban J connectivity index is 2.15. The highest BCUT2D eigenvalue weighted by Gasteiger charge is 2.43. The van der Waals surface area contributed by atoms with Gasteiger partial charge in [-0.1, -0.05) is 28.1 Å². The van der Waals surface area contributed by atoms with Crippen LogP contribution >= 0.6 is 15.9 Å². The van der Waals surface area contributed by atoms with Crippen LogP contribution in [0.4, 0.5) is 4.79 Å². The normalized spacial score (nSPS) is 20.5. The molecule has 2 atom stereocenters. The largest absolute Gasteiger partial charge is 0.458 e. The standard InChI is InChI=1S/C21H30BrNO4/c1-20(2,3)26-18(24)17-12-15(11-14-7-9-16(22)10-8-14)13-23(17)19(25)27-21(4,5)6/h7-10,15,17H,11-13H2,1-6H3/t15-,17+/m1/s1. The van der Waals surface area contributed by atoms with Gasteiger partial charge >= 0.3 is 12.1 Å². The maximum atomic E-state index is 12.7. The van der Waals surface area contributed by atoms with Gasteiger partial charge in [0.05, 0.1) is 0 Å². The molecule has 1 saturated heterocycles. The molecule has 1 aromatic rings. The summed E-state index contributed by atoms with van der Waals surface area (Å²) in [5.74, 6) is -0.192. The third kappa shape index (κ3) is 6.83. The number of hydrogen-bond donors (Lipinski definition) is 0. The van der Waals surface area contributed by atoms with Gasteiger partial charge in [0.15, 0.2) is 0 Å². The van der Waals surface area contributed by atoms with Gasteiger partial charge in [0.1, 0.15) is 17.2 Å². The van der Waals surface area contributed by atoms with Gasteiger partial charge in [-0.25, -0.2) is 9.59 Å². The quantitative estimate of drug-likeness (QED) is 0.624. The van der Waals surface area contributed by atoms with E-state index in [1.165, 1.54) is 10.5 Å². The summed E-state index contributed by atoms with van der Waals surface area (Å²) in [6, 6.07) is 7.51. The molecule has 0 aromatic heterocycles. The SMILES string of the molecule is CC(C)(C)OC(=O)[C@@H]1C[C@@H](Cc2ccc(Br)cc2)CN1C(=O)OC(C)(C)C. The summed E-state index contributed by atoms with van der Waals surface area (Å²) in [7, 11) is 0. The molecule has 1 aromatic carbocycles. The Morgan fingerprint density at radius 3 is 2.11 bits per heavy atom. The van der Waals surface area contributed by atoms with Crippen LogP contribution in [0.2, 0.25) is 0 Å². The van der Waals surface area contributed by atoms with Crippen molar-refractivity contribution >= 4 is 28.0 Å². The number of carbonyl (C=O) groups is 2. The number of carbonyl (C=O) groups excluding carboxylic acids is 2. The summed E-state index contributed by atoms with van der Waals surface area (Å²) in [6.45, 7) is 11.4. The molecule has 1 heterocycles. The highest BCUT2D eigenvalue weighted by Crippen LogP contribution is 2.30. The lowest BCUT2D eigenvalue weighted by Crippen LogP contribution is -2.45. The zero-order valence-electron chi connectivity index (χ0n) is 17.0. The molecule has 0 bridgehead atoms. The summed E-state index contributed by atoms with van der Waals surface area (Å²) in [6.07, 6.45) is 0.910. The lowest BCUT2D eigenvalue weighted by molar-refractivity contribution is -0.160. The Hall–Kier alpha value is -1.56. The van der Waals surface area contributed by atoms with Crippen LogP contribution < -0.4 is 0 Å². The number of likely N-dealkylation sites (tertiary alicyclic amines) is 1. The van der Waals surface area contributed by atoms with E-state index < -0.39 is 23.3 Å². The summed E-state index contributed by atoms with van der Waals surface area (Å²) in [4.78, 5) is 26.9. The van der Waals surface area contributed by atoms with E-state index in [4.69, 9.17) is 9.47 Å². The maximum absolute atomic E-state index is 12.7. The zero-order valence-corrected chi connectivity index (χ0v) is 18.6. The molecule has 0 spiro atoms. The Kier molecular flexibility index (Phi) is 6.61. The number of nitrogens with zero attached hydrogens (tertiary/aromatic N) is 1. The summed E-state index contributed by atoms with van der Waals surface area (Å²) >= 11 is 3.44. The predicted octanol–water partition coefficient (Wildman–Crippen LogP) is 4.96. The minimum absolute atomic E-state index is 0.177. The Morgan fingerprint density at radius 2 is 1.59 bits per heavy atom. The lowest BCUT2D eigenvalue weighted by atomic mass is 9.97. The van der Waals surface area contributed by atoms with Crippen molar-refractivity contribution in [3.05, 3.63) is 34.3 Å². The van der Waals surface area contributed by atoms with Crippen LogP contribution in [0.5, 0.6) is 0 Å². The number of hydrogen-bond acceptors (Lipinski definition) is 4. The molecule has 1 amide bonds. The molecule has 1 aliphatic rings. The fourth-order valence-corrected chi connectivity index (χ4v) is 3.40. The number of amides is 1. The Morgan fingerprint density at radius 1 is 1.04 bits per heavy atom. The van der Waals surface area contributed by atoms with Crippen LogP contribution in [-0.2, 0) is 20.7 Å². The average molecular weight is 440 g/mol.